The molecule has 0 radical (unpaired) electrons. The highest BCUT2D eigenvalue weighted by Crippen LogP contribution is 2.20. The molecule has 0 bridgehead atoms. The van der Waals surface area contributed by atoms with Gasteiger partial charge in [-0.2, -0.15) is 0 Å². The highest BCUT2D eigenvalue weighted by Gasteiger charge is 2.31. The van der Waals surface area contributed by atoms with E-state index in [1.165, 1.54) is 24.3 Å². The van der Waals surface area contributed by atoms with Crippen molar-refractivity contribution in [2.24, 2.45) is 0 Å². The lowest BCUT2D eigenvalue weighted by molar-refractivity contribution is -0.516. The minimum absolute atomic E-state index is 0.0648. The van der Waals surface area contributed by atoms with Crippen LogP contribution in [0.15, 0.2) is 24.3 Å². The number of aliphatic carboxylic acids is 1. The van der Waals surface area contributed by atoms with Gasteiger partial charge >= 0.3 is 12.0 Å². The van der Waals surface area contributed by atoms with Gasteiger partial charge in [0.25, 0.3) is 0 Å². The molecule has 0 heterocycles. The Balaban J connectivity index is 3.12. The highest BCUT2D eigenvalue weighted by molar-refractivity contribution is 6.30. The molecular weight excluding hydrogens is 210 g/mol. The monoisotopic (exact) mass is 215 g/mol. The lowest BCUT2D eigenvalue weighted by Gasteiger charge is -2.04. The summed E-state index contributed by atoms with van der Waals surface area (Å²) in [4.78, 5) is 20.1. The van der Waals surface area contributed by atoms with Crippen molar-refractivity contribution in [3.8, 4) is 0 Å². The summed E-state index contributed by atoms with van der Waals surface area (Å²) in [5.41, 5.74) is 0.0648. The Morgan fingerprint density at radius 1 is 1.57 bits per heavy atom. The Kier molecular flexibility index (Phi) is 3.03. The molecule has 0 saturated carbocycles. The molecule has 1 unspecified atom stereocenters. The number of hydrogen-bond acceptors (Lipinski definition) is 3. The zero-order valence-electron chi connectivity index (χ0n) is 6.88. The van der Waals surface area contributed by atoms with Crippen LogP contribution in [0, 0.1) is 10.1 Å². The molecule has 0 aliphatic heterocycles. The molecule has 0 saturated heterocycles. The molecule has 1 aromatic carbocycles. The first-order valence-electron chi connectivity index (χ1n) is 3.64. The van der Waals surface area contributed by atoms with Crippen LogP contribution in [0.1, 0.15) is 11.6 Å². The summed E-state index contributed by atoms with van der Waals surface area (Å²) in [6, 6.07) is 3.85. The second kappa shape index (κ2) is 4.06. The molecule has 0 amide bonds. The van der Waals surface area contributed by atoms with Crippen LogP contribution in [0.4, 0.5) is 0 Å². The normalized spacial score (nSPS) is 12.1. The summed E-state index contributed by atoms with van der Waals surface area (Å²) in [7, 11) is 0. The predicted octanol–water partition coefficient (Wildman–Crippen LogP) is 1.74. The molecule has 1 N–H and O–H groups in total. The molecule has 1 rings (SSSR count). The van der Waals surface area contributed by atoms with Gasteiger partial charge in [0.15, 0.2) is 0 Å². The second-order valence-electron chi connectivity index (χ2n) is 2.58. The van der Waals surface area contributed by atoms with Gasteiger partial charge in [-0.3, -0.25) is 10.1 Å². The van der Waals surface area contributed by atoms with Crippen molar-refractivity contribution in [3.63, 3.8) is 0 Å². The number of carboxylic acids is 1. The fraction of sp³-hybridized carbons (Fsp3) is 0.125. The SMILES string of the molecule is O=C(O)C(c1cccc(Cl)c1)[N+](=O)[O-]. The fourth-order valence-electron chi connectivity index (χ4n) is 1.03. The minimum atomic E-state index is -1.76. The molecule has 0 aliphatic carbocycles. The summed E-state index contributed by atoms with van der Waals surface area (Å²) in [6.07, 6.45) is 0. The number of nitrogens with zero attached hydrogens (tertiary/aromatic N) is 1. The molecule has 5 nitrogen and oxygen atoms in total. The standard InChI is InChI=1S/C8H6ClNO4/c9-6-3-1-2-5(4-6)7(8(11)12)10(13)14/h1-4,7H,(H,11,12). The fourth-order valence-corrected chi connectivity index (χ4v) is 1.23. The van der Waals surface area contributed by atoms with Gasteiger partial charge in [-0.05, 0) is 12.1 Å². The number of rotatable bonds is 3. The van der Waals surface area contributed by atoms with Crippen LogP contribution in [-0.4, -0.2) is 16.0 Å². The number of halogens is 1. The van der Waals surface area contributed by atoms with E-state index in [-0.39, 0.29) is 10.6 Å². The van der Waals surface area contributed by atoms with Crippen molar-refractivity contribution >= 4 is 17.6 Å². The molecule has 74 valence electrons. The average molecular weight is 216 g/mol. The van der Waals surface area contributed by atoms with E-state index in [1.807, 2.05) is 0 Å². The van der Waals surface area contributed by atoms with Gasteiger partial charge < -0.3 is 5.11 Å². The van der Waals surface area contributed by atoms with Crippen LogP contribution >= 0.6 is 11.6 Å². The van der Waals surface area contributed by atoms with E-state index >= 15 is 0 Å². The van der Waals surface area contributed by atoms with E-state index in [1.54, 1.807) is 0 Å². The van der Waals surface area contributed by atoms with Gasteiger partial charge in [0.1, 0.15) is 0 Å². The third-order valence-electron chi connectivity index (χ3n) is 1.61. The van der Waals surface area contributed by atoms with Gasteiger partial charge in [0, 0.05) is 15.5 Å². The van der Waals surface area contributed by atoms with E-state index < -0.39 is 16.9 Å². The van der Waals surface area contributed by atoms with Crippen molar-refractivity contribution in [3.05, 3.63) is 45.0 Å². The maximum Gasteiger partial charge on any atom is 0.384 e. The topological polar surface area (TPSA) is 80.4 Å². The van der Waals surface area contributed by atoms with E-state index in [2.05, 4.69) is 0 Å². The molecule has 0 spiro atoms. The van der Waals surface area contributed by atoms with Crippen LogP contribution < -0.4 is 0 Å². The summed E-state index contributed by atoms with van der Waals surface area (Å²) in [5, 5.41) is 19.3. The van der Waals surface area contributed by atoms with Crippen LogP contribution in [0.25, 0.3) is 0 Å². The van der Waals surface area contributed by atoms with Gasteiger partial charge in [-0.15, -0.1) is 0 Å². The lowest BCUT2D eigenvalue weighted by atomic mass is 10.1. The van der Waals surface area contributed by atoms with Crippen molar-refractivity contribution in [2.75, 3.05) is 0 Å². The Morgan fingerprint density at radius 3 is 2.64 bits per heavy atom. The maximum absolute atomic E-state index is 10.6. The molecule has 1 atom stereocenters. The van der Waals surface area contributed by atoms with Gasteiger partial charge in [0.2, 0.25) is 0 Å². The van der Waals surface area contributed by atoms with E-state index in [0.717, 1.165) is 0 Å². The zero-order valence-corrected chi connectivity index (χ0v) is 7.64. The largest absolute Gasteiger partial charge is 0.476 e. The first kappa shape index (κ1) is 10.5. The Labute approximate surface area is 84.1 Å². The summed E-state index contributed by atoms with van der Waals surface area (Å²) < 4.78 is 0. The number of nitro groups is 1. The molecule has 0 aliphatic rings. The summed E-state index contributed by atoms with van der Waals surface area (Å²) in [6.45, 7) is 0. The van der Waals surface area contributed by atoms with Gasteiger partial charge in [-0.25, -0.2) is 4.79 Å². The maximum atomic E-state index is 10.6. The van der Waals surface area contributed by atoms with E-state index in [4.69, 9.17) is 16.7 Å². The number of carbonyl (C=O) groups is 1. The third kappa shape index (κ3) is 2.20. The van der Waals surface area contributed by atoms with Crippen LogP contribution in [0.3, 0.4) is 0 Å². The summed E-state index contributed by atoms with van der Waals surface area (Å²) in [5.74, 6) is -1.50. The first-order valence-corrected chi connectivity index (χ1v) is 4.02. The van der Waals surface area contributed by atoms with Gasteiger partial charge in [-0.1, -0.05) is 23.7 Å². The predicted molar refractivity (Wildman–Crippen MR) is 48.8 cm³/mol. The van der Waals surface area contributed by atoms with E-state index in [9.17, 15) is 14.9 Å². The Morgan fingerprint density at radius 2 is 2.21 bits per heavy atom. The number of carboxylic acid groups (broad SMARTS) is 1. The van der Waals surface area contributed by atoms with Crippen LogP contribution in [-0.2, 0) is 4.79 Å². The average Bonchev–Trinajstić information content (AvgIpc) is 2.02. The lowest BCUT2D eigenvalue weighted by Crippen LogP contribution is -2.20. The molecule has 0 aromatic heterocycles. The number of benzene rings is 1. The van der Waals surface area contributed by atoms with Crippen molar-refractivity contribution in [1.29, 1.82) is 0 Å². The molecule has 0 fully saturated rings. The van der Waals surface area contributed by atoms with E-state index in [0.29, 0.717) is 0 Å². The molecule has 14 heavy (non-hydrogen) atoms. The summed E-state index contributed by atoms with van der Waals surface area (Å²) >= 11 is 5.58. The quantitative estimate of drug-likeness (QED) is 0.615. The smallest absolute Gasteiger partial charge is 0.384 e. The van der Waals surface area contributed by atoms with Crippen molar-refractivity contribution in [2.45, 2.75) is 6.04 Å². The minimum Gasteiger partial charge on any atom is -0.476 e. The van der Waals surface area contributed by atoms with Crippen LogP contribution in [0.2, 0.25) is 5.02 Å². The Bertz CT molecular complexity index is 365. The number of hydrogen-bond donors (Lipinski definition) is 1. The first-order chi connectivity index (χ1) is 6.52. The Hall–Kier alpha value is -1.62. The molecule has 6 heteroatoms. The second-order valence-corrected chi connectivity index (χ2v) is 3.02. The highest BCUT2D eigenvalue weighted by atomic mass is 35.5. The third-order valence-corrected chi connectivity index (χ3v) is 1.84. The van der Waals surface area contributed by atoms with Crippen molar-refractivity contribution < 1.29 is 14.8 Å². The van der Waals surface area contributed by atoms with Crippen LogP contribution in [0.5, 0.6) is 0 Å². The molecular formula is C8H6ClNO4. The molecule has 1 aromatic rings. The van der Waals surface area contributed by atoms with Crippen molar-refractivity contribution in [1.82, 2.24) is 0 Å². The van der Waals surface area contributed by atoms with Gasteiger partial charge in [0.05, 0.1) is 0 Å². The zero-order chi connectivity index (χ0) is 10.7.